The van der Waals surface area contributed by atoms with Gasteiger partial charge in [0.25, 0.3) is 0 Å². The zero-order valence-electron chi connectivity index (χ0n) is 15.4. The number of amides is 1. The van der Waals surface area contributed by atoms with E-state index in [1.54, 1.807) is 7.05 Å². The van der Waals surface area contributed by atoms with Gasteiger partial charge < -0.3 is 5.32 Å². The maximum atomic E-state index is 13.2. The van der Waals surface area contributed by atoms with Crippen LogP contribution in [0.4, 0.5) is 0 Å². The summed E-state index contributed by atoms with van der Waals surface area (Å²) < 4.78 is 29.1. The van der Waals surface area contributed by atoms with E-state index < -0.39 is 21.6 Å². The second kappa shape index (κ2) is 6.51. The fourth-order valence-electron chi connectivity index (χ4n) is 3.10. The smallest absolute Gasteiger partial charge is 0.247 e. The molecule has 0 radical (unpaired) electrons. The Kier molecular flexibility index (Phi) is 4.66. The molecule has 26 heavy (non-hydrogen) atoms. The van der Waals surface area contributed by atoms with Crippen molar-refractivity contribution in [3.8, 4) is 0 Å². The van der Waals surface area contributed by atoms with Crippen molar-refractivity contribution in [1.82, 2.24) is 19.4 Å². The molecule has 1 aliphatic rings. The number of carbonyl (C=O) groups excluding carboxylic acids is 1. The highest BCUT2D eigenvalue weighted by Gasteiger charge is 2.40. The first-order chi connectivity index (χ1) is 12.1. The summed E-state index contributed by atoms with van der Waals surface area (Å²) in [6, 6.07) is 6.83. The Hall–Kier alpha value is -2.19. The van der Waals surface area contributed by atoms with Gasteiger partial charge >= 0.3 is 0 Å². The van der Waals surface area contributed by atoms with Crippen molar-refractivity contribution in [1.29, 1.82) is 0 Å². The highest BCUT2D eigenvalue weighted by Crippen LogP contribution is 2.29. The third kappa shape index (κ3) is 3.66. The van der Waals surface area contributed by atoms with Gasteiger partial charge in [0.2, 0.25) is 15.9 Å². The number of nitrogens with one attached hydrogen (secondary N) is 1. The van der Waals surface area contributed by atoms with Crippen LogP contribution in [0, 0.1) is 0 Å². The number of benzene rings is 1. The van der Waals surface area contributed by atoms with E-state index in [-0.39, 0.29) is 17.3 Å². The molecule has 7 nitrogen and oxygen atoms in total. The molecule has 1 aliphatic heterocycles. The van der Waals surface area contributed by atoms with Crippen LogP contribution in [0.2, 0.25) is 0 Å². The Morgan fingerprint density at radius 1 is 1.23 bits per heavy atom. The summed E-state index contributed by atoms with van der Waals surface area (Å²) in [6.45, 7) is 5.79. The standard InChI is InChI=1S/C18H24N4O3S/c1-18(2,3)20-17(23)16-9-13-7-5-6-8-14(13)11-22(16)26(24,25)15-10-19-21(4)12-15/h5-8,10,12,16H,9,11H2,1-4H3,(H,20,23)/t16-/m0/s1. The van der Waals surface area contributed by atoms with Crippen LogP contribution in [-0.4, -0.2) is 40.0 Å². The zero-order chi connectivity index (χ0) is 19.1. The first-order valence-electron chi connectivity index (χ1n) is 8.47. The van der Waals surface area contributed by atoms with E-state index in [0.29, 0.717) is 6.42 Å². The molecule has 1 amide bonds. The van der Waals surface area contributed by atoms with Crippen molar-refractivity contribution in [3.63, 3.8) is 0 Å². The average Bonchev–Trinajstić information content (AvgIpc) is 2.99. The molecule has 2 heterocycles. The molecule has 0 saturated carbocycles. The van der Waals surface area contributed by atoms with Gasteiger partial charge in [-0.3, -0.25) is 9.48 Å². The minimum atomic E-state index is -3.84. The summed E-state index contributed by atoms with van der Waals surface area (Å²) in [5, 5.41) is 6.87. The lowest BCUT2D eigenvalue weighted by Crippen LogP contribution is -2.55. The highest BCUT2D eigenvalue weighted by atomic mass is 32.2. The van der Waals surface area contributed by atoms with Gasteiger partial charge in [-0.05, 0) is 38.3 Å². The maximum Gasteiger partial charge on any atom is 0.247 e. The van der Waals surface area contributed by atoms with Crippen LogP contribution in [0.1, 0.15) is 31.9 Å². The molecule has 140 valence electrons. The van der Waals surface area contributed by atoms with Gasteiger partial charge in [0.05, 0.1) is 6.20 Å². The molecule has 8 heteroatoms. The number of hydrogen-bond donors (Lipinski definition) is 1. The lowest BCUT2D eigenvalue weighted by molar-refractivity contribution is -0.126. The van der Waals surface area contributed by atoms with Crippen molar-refractivity contribution in [2.45, 2.75) is 50.2 Å². The molecule has 0 saturated heterocycles. The molecular formula is C18H24N4O3S. The molecule has 3 rings (SSSR count). The normalized spacial score (nSPS) is 18.4. The molecule has 0 aliphatic carbocycles. The van der Waals surface area contributed by atoms with Crippen LogP contribution in [0.25, 0.3) is 0 Å². The number of aromatic nitrogens is 2. The van der Waals surface area contributed by atoms with E-state index in [1.807, 2.05) is 45.0 Å². The number of carbonyl (C=O) groups is 1. The van der Waals surface area contributed by atoms with Gasteiger partial charge in [0, 0.05) is 25.3 Å². The van der Waals surface area contributed by atoms with E-state index in [2.05, 4.69) is 10.4 Å². The molecular weight excluding hydrogens is 352 g/mol. The Bertz CT molecular complexity index is 928. The van der Waals surface area contributed by atoms with E-state index in [4.69, 9.17) is 0 Å². The van der Waals surface area contributed by atoms with Gasteiger partial charge in [0.1, 0.15) is 10.9 Å². The Labute approximate surface area is 154 Å². The van der Waals surface area contributed by atoms with Gasteiger partial charge in [-0.2, -0.15) is 9.40 Å². The number of hydrogen-bond acceptors (Lipinski definition) is 4. The van der Waals surface area contributed by atoms with Gasteiger partial charge in [0.15, 0.2) is 0 Å². The number of nitrogens with zero attached hydrogens (tertiary/aromatic N) is 3. The molecule has 0 unspecified atom stereocenters. The predicted octanol–water partition coefficient (Wildman–Crippen LogP) is 1.45. The van der Waals surface area contributed by atoms with Crippen molar-refractivity contribution < 1.29 is 13.2 Å². The minimum absolute atomic E-state index is 0.0907. The van der Waals surface area contributed by atoms with Crippen LogP contribution in [0.5, 0.6) is 0 Å². The fraction of sp³-hybridized carbons (Fsp3) is 0.444. The zero-order valence-corrected chi connectivity index (χ0v) is 16.2. The molecule has 0 spiro atoms. The lowest BCUT2D eigenvalue weighted by Gasteiger charge is -2.36. The van der Waals surface area contributed by atoms with E-state index in [0.717, 1.165) is 11.1 Å². The number of sulfonamides is 1. The van der Waals surface area contributed by atoms with E-state index >= 15 is 0 Å². The van der Waals surface area contributed by atoms with Gasteiger partial charge in [-0.1, -0.05) is 24.3 Å². The minimum Gasteiger partial charge on any atom is -0.350 e. The van der Waals surface area contributed by atoms with Crippen molar-refractivity contribution in [2.24, 2.45) is 7.05 Å². The SMILES string of the molecule is Cn1cc(S(=O)(=O)N2Cc3ccccc3C[C@H]2C(=O)NC(C)(C)C)cn1. The Balaban J connectivity index is 2.03. The van der Waals surface area contributed by atoms with Crippen LogP contribution in [-0.2, 0) is 34.8 Å². The van der Waals surface area contributed by atoms with Crippen LogP contribution < -0.4 is 5.32 Å². The summed E-state index contributed by atoms with van der Waals surface area (Å²) in [4.78, 5) is 13.0. The van der Waals surface area contributed by atoms with E-state index in [9.17, 15) is 13.2 Å². The molecule has 0 bridgehead atoms. The fourth-order valence-corrected chi connectivity index (χ4v) is 4.65. The monoisotopic (exact) mass is 376 g/mol. The van der Waals surface area contributed by atoms with Gasteiger partial charge in [-0.25, -0.2) is 8.42 Å². The van der Waals surface area contributed by atoms with Gasteiger partial charge in [-0.15, -0.1) is 0 Å². The Morgan fingerprint density at radius 2 is 1.88 bits per heavy atom. The number of fused-ring (bicyclic) bond motifs is 1. The Morgan fingerprint density at radius 3 is 2.46 bits per heavy atom. The molecule has 1 aromatic carbocycles. The second-order valence-corrected chi connectivity index (χ2v) is 9.52. The third-order valence-corrected chi connectivity index (χ3v) is 6.10. The molecule has 1 atom stereocenters. The number of rotatable bonds is 3. The molecule has 0 fully saturated rings. The van der Waals surface area contributed by atoms with Crippen LogP contribution in [0.3, 0.4) is 0 Å². The summed E-state index contributed by atoms with van der Waals surface area (Å²) in [6.07, 6.45) is 3.11. The van der Waals surface area contributed by atoms with Crippen LogP contribution in [0.15, 0.2) is 41.6 Å². The molecule has 1 N–H and O–H groups in total. The maximum absolute atomic E-state index is 13.2. The first-order valence-corrected chi connectivity index (χ1v) is 9.91. The van der Waals surface area contributed by atoms with E-state index in [1.165, 1.54) is 21.4 Å². The van der Waals surface area contributed by atoms with Crippen LogP contribution >= 0.6 is 0 Å². The van der Waals surface area contributed by atoms with Crippen molar-refractivity contribution in [3.05, 3.63) is 47.8 Å². The molecule has 2 aromatic rings. The average molecular weight is 376 g/mol. The number of aryl methyl sites for hydroxylation is 1. The third-order valence-electron chi connectivity index (χ3n) is 4.29. The largest absolute Gasteiger partial charge is 0.350 e. The quantitative estimate of drug-likeness (QED) is 0.879. The van der Waals surface area contributed by atoms with Crippen molar-refractivity contribution in [2.75, 3.05) is 0 Å². The topological polar surface area (TPSA) is 84.3 Å². The van der Waals surface area contributed by atoms with Crippen molar-refractivity contribution >= 4 is 15.9 Å². The first kappa shape index (κ1) is 18.6. The summed E-state index contributed by atoms with van der Waals surface area (Å²) in [5.41, 5.74) is 1.47. The summed E-state index contributed by atoms with van der Waals surface area (Å²) in [7, 11) is -2.18. The molecule has 1 aromatic heterocycles. The predicted molar refractivity (Wildman–Crippen MR) is 97.8 cm³/mol. The lowest BCUT2D eigenvalue weighted by atomic mass is 9.95. The highest BCUT2D eigenvalue weighted by molar-refractivity contribution is 7.89. The summed E-state index contributed by atoms with van der Waals surface area (Å²) in [5.74, 6) is -0.292. The second-order valence-electron chi connectivity index (χ2n) is 7.63. The summed E-state index contributed by atoms with van der Waals surface area (Å²) >= 11 is 0.